The van der Waals surface area contributed by atoms with Gasteiger partial charge in [-0.1, -0.05) is 6.07 Å². The van der Waals surface area contributed by atoms with Crippen molar-refractivity contribution in [3.8, 4) is 5.69 Å². The normalized spacial score (nSPS) is 11.0. The fraction of sp³-hybridized carbons (Fsp3) is 0.188. The molecule has 2 aromatic carbocycles. The molecular weight excluding hydrogens is 285 g/mol. The Balaban J connectivity index is 2.30. The van der Waals surface area contributed by atoms with Gasteiger partial charge < -0.3 is 9.88 Å². The first kappa shape index (κ1) is 13.8. The van der Waals surface area contributed by atoms with E-state index in [0.717, 1.165) is 16.9 Å². The maximum Gasteiger partial charge on any atom is 0.182 e. The largest absolute Gasteiger partial charge is 0.378 e. The van der Waals surface area contributed by atoms with Crippen LogP contribution in [-0.2, 0) is 0 Å². The monoisotopic (exact) mass is 301 g/mol. The third-order valence-corrected chi connectivity index (χ3v) is 3.85. The predicted octanol–water partition coefficient (Wildman–Crippen LogP) is 4.20. The van der Waals surface area contributed by atoms with Gasteiger partial charge in [0.25, 0.3) is 0 Å². The van der Waals surface area contributed by atoms with E-state index in [4.69, 9.17) is 12.2 Å². The van der Waals surface area contributed by atoms with Gasteiger partial charge in [-0.2, -0.15) is 0 Å². The number of aromatic nitrogens is 2. The molecule has 0 bridgehead atoms. The molecule has 3 aromatic rings. The Morgan fingerprint density at radius 2 is 1.95 bits per heavy atom. The summed E-state index contributed by atoms with van der Waals surface area (Å²) in [5, 5.41) is 0. The highest BCUT2D eigenvalue weighted by Crippen LogP contribution is 2.24. The molecule has 108 valence electrons. The van der Waals surface area contributed by atoms with Crippen LogP contribution in [0.2, 0.25) is 0 Å². The summed E-state index contributed by atoms with van der Waals surface area (Å²) in [7, 11) is 3.99. The van der Waals surface area contributed by atoms with E-state index >= 15 is 0 Å². The Kier molecular flexibility index (Phi) is 3.29. The lowest BCUT2D eigenvalue weighted by Crippen LogP contribution is -2.09. The van der Waals surface area contributed by atoms with E-state index in [1.807, 2.05) is 47.8 Å². The van der Waals surface area contributed by atoms with E-state index in [1.54, 1.807) is 6.92 Å². The van der Waals surface area contributed by atoms with E-state index < -0.39 is 0 Å². The number of nitrogens with one attached hydrogen (secondary N) is 1. The molecule has 0 saturated heterocycles. The van der Waals surface area contributed by atoms with Crippen molar-refractivity contribution >= 4 is 28.9 Å². The van der Waals surface area contributed by atoms with Gasteiger partial charge in [-0.15, -0.1) is 0 Å². The molecule has 0 aliphatic heterocycles. The molecule has 0 unspecified atom stereocenters. The summed E-state index contributed by atoms with van der Waals surface area (Å²) in [6, 6.07) is 11.4. The van der Waals surface area contributed by atoms with Gasteiger partial charge in [0.1, 0.15) is 5.82 Å². The number of halogens is 1. The molecule has 1 N–H and O–H groups in total. The second-order valence-corrected chi connectivity index (χ2v) is 5.69. The van der Waals surface area contributed by atoms with E-state index in [-0.39, 0.29) is 5.82 Å². The average Bonchev–Trinajstić information content (AvgIpc) is 2.74. The van der Waals surface area contributed by atoms with Gasteiger partial charge in [-0.25, -0.2) is 4.39 Å². The zero-order valence-corrected chi connectivity index (χ0v) is 13.0. The number of rotatable bonds is 2. The SMILES string of the molecule is Cc1cc2c(cc1F)[nH]c(=S)n2-c1cccc(N(C)C)c1. The standard InChI is InChI=1S/C16H16FN3S/c1-10-7-15-14(9-13(10)17)18-16(21)20(15)12-6-4-5-11(8-12)19(2)3/h4-9H,1-3H3,(H,18,21). The zero-order chi connectivity index (χ0) is 15.1. The van der Waals surface area contributed by atoms with Crippen LogP contribution in [0, 0.1) is 17.5 Å². The van der Waals surface area contributed by atoms with Crippen molar-refractivity contribution in [1.29, 1.82) is 0 Å². The molecular formula is C16H16FN3S. The molecule has 1 heterocycles. The van der Waals surface area contributed by atoms with Crippen molar-refractivity contribution < 1.29 is 4.39 Å². The fourth-order valence-corrected chi connectivity index (χ4v) is 2.71. The van der Waals surface area contributed by atoms with Crippen LogP contribution in [0.4, 0.5) is 10.1 Å². The van der Waals surface area contributed by atoms with Gasteiger partial charge in [-0.3, -0.25) is 4.57 Å². The van der Waals surface area contributed by atoms with Gasteiger partial charge >= 0.3 is 0 Å². The zero-order valence-electron chi connectivity index (χ0n) is 12.1. The Hall–Kier alpha value is -2.14. The smallest absolute Gasteiger partial charge is 0.182 e. The van der Waals surface area contributed by atoms with Crippen molar-refractivity contribution in [2.24, 2.45) is 0 Å². The third-order valence-electron chi connectivity index (χ3n) is 3.57. The van der Waals surface area contributed by atoms with Crippen LogP contribution in [0.25, 0.3) is 16.7 Å². The minimum absolute atomic E-state index is 0.229. The third kappa shape index (κ3) is 2.34. The molecule has 0 spiro atoms. The average molecular weight is 301 g/mol. The summed E-state index contributed by atoms with van der Waals surface area (Å²) in [4.78, 5) is 5.10. The van der Waals surface area contributed by atoms with Gasteiger partial charge in [0.05, 0.1) is 16.7 Å². The van der Waals surface area contributed by atoms with Gasteiger partial charge in [0.15, 0.2) is 4.77 Å². The van der Waals surface area contributed by atoms with Gasteiger partial charge in [0, 0.05) is 19.8 Å². The summed E-state index contributed by atoms with van der Waals surface area (Å²) < 4.78 is 16.2. The van der Waals surface area contributed by atoms with E-state index in [9.17, 15) is 4.39 Å². The second-order valence-electron chi connectivity index (χ2n) is 5.30. The van der Waals surface area contributed by atoms with Crippen LogP contribution in [0.3, 0.4) is 0 Å². The minimum atomic E-state index is -0.229. The second kappa shape index (κ2) is 5.00. The van der Waals surface area contributed by atoms with Gasteiger partial charge in [0.2, 0.25) is 0 Å². The molecule has 0 radical (unpaired) electrons. The summed E-state index contributed by atoms with van der Waals surface area (Å²) in [6.07, 6.45) is 0. The summed E-state index contributed by atoms with van der Waals surface area (Å²) in [6.45, 7) is 1.76. The van der Waals surface area contributed by atoms with Crippen molar-refractivity contribution in [3.05, 3.63) is 52.5 Å². The number of benzene rings is 2. The Bertz CT molecular complexity index is 877. The Morgan fingerprint density at radius 1 is 1.19 bits per heavy atom. The van der Waals surface area contributed by atoms with Crippen molar-refractivity contribution in [3.63, 3.8) is 0 Å². The van der Waals surface area contributed by atoms with Crippen molar-refractivity contribution in [1.82, 2.24) is 9.55 Å². The highest BCUT2D eigenvalue weighted by molar-refractivity contribution is 7.71. The topological polar surface area (TPSA) is 24.0 Å². The van der Waals surface area contributed by atoms with Crippen LogP contribution in [0.5, 0.6) is 0 Å². The van der Waals surface area contributed by atoms with Crippen LogP contribution in [0.15, 0.2) is 36.4 Å². The van der Waals surface area contributed by atoms with Crippen LogP contribution in [-0.4, -0.2) is 23.6 Å². The van der Waals surface area contributed by atoms with Gasteiger partial charge in [-0.05, 0) is 55.0 Å². The summed E-state index contributed by atoms with van der Waals surface area (Å²) in [5.74, 6) is -0.229. The number of fused-ring (bicyclic) bond motifs is 1. The number of hydrogen-bond acceptors (Lipinski definition) is 2. The fourth-order valence-electron chi connectivity index (χ4n) is 2.40. The van der Waals surface area contributed by atoms with E-state index in [1.165, 1.54) is 6.07 Å². The summed E-state index contributed by atoms with van der Waals surface area (Å²) >= 11 is 5.40. The maximum absolute atomic E-state index is 13.7. The van der Waals surface area contributed by atoms with E-state index in [2.05, 4.69) is 11.1 Å². The number of hydrogen-bond donors (Lipinski definition) is 1. The number of H-pyrrole nitrogens is 1. The van der Waals surface area contributed by atoms with Crippen LogP contribution >= 0.6 is 12.2 Å². The van der Waals surface area contributed by atoms with Crippen molar-refractivity contribution in [2.75, 3.05) is 19.0 Å². The lowest BCUT2D eigenvalue weighted by molar-refractivity contribution is 0.620. The Morgan fingerprint density at radius 3 is 2.67 bits per heavy atom. The molecule has 0 atom stereocenters. The van der Waals surface area contributed by atoms with E-state index in [0.29, 0.717) is 15.9 Å². The molecule has 0 fully saturated rings. The molecule has 5 heteroatoms. The molecule has 0 saturated carbocycles. The highest BCUT2D eigenvalue weighted by atomic mass is 32.1. The highest BCUT2D eigenvalue weighted by Gasteiger charge is 2.10. The molecule has 0 amide bonds. The first-order valence-electron chi connectivity index (χ1n) is 6.66. The molecule has 3 rings (SSSR count). The van der Waals surface area contributed by atoms with Crippen LogP contribution < -0.4 is 4.90 Å². The molecule has 0 aliphatic carbocycles. The first-order chi connectivity index (χ1) is 9.97. The van der Waals surface area contributed by atoms with Crippen molar-refractivity contribution in [2.45, 2.75) is 6.92 Å². The minimum Gasteiger partial charge on any atom is -0.378 e. The lowest BCUT2D eigenvalue weighted by atomic mass is 10.2. The quantitative estimate of drug-likeness (QED) is 0.717. The molecule has 1 aromatic heterocycles. The molecule has 21 heavy (non-hydrogen) atoms. The number of nitrogens with zero attached hydrogens (tertiary/aromatic N) is 2. The number of anilines is 1. The molecule has 3 nitrogen and oxygen atoms in total. The molecule has 0 aliphatic rings. The maximum atomic E-state index is 13.7. The number of imidazole rings is 1. The first-order valence-corrected chi connectivity index (χ1v) is 7.07. The summed E-state index contributed by atoms with van der Waals surface area (Å²) in [5.41, 5.74) is 4.24. The number of aromatic amines is 1. The van der Waals surface area contributed by atoms with Crippen LogP contribution in [0.1, 0.15) is 5.56 Å². The number of aryl methyl sites for hydroxylation is 1. The lowest BCUT2D eigenvalue weighted by Gasteiger charge is -2.14. The Labute approximate surface area is 127 Å². The predicted molar refractivity (Wildman–Crippen MR) is 87.5 cm³/mol.